The molecule has 1 amide bonds. The highest BCUT2D eigenvalue weighted by molar-refractivity contribution is 7.89. The Balaban J connectivity index is 1.88. The molecule has 1 aromatic rings. The second-order valence-corrected chi connectivity index (χ2v) is 10.6. The largest absolute Gasteiger partial charge is 0.456 e. The van der Waals surface area contributed by atoms with E-state index in [1.165, 1.54) is 23.0 Å². The quantitative estimate of drug-likeness (QED) is 0.524. The number of esters is 1. The van der Waals surface area contributed by atoms with Crippen molar-refractivity contribution < 1.29 is 27.2 Å². The minimum atomic E-state index is -3.85. The highest BCUT2D eigenvalue weighted by atomic mass is 32.2. The molecule has 1 fully saturated rings. The molecular weight excluding hydrogens is 406 g/mol. The zero-order valence-electron chi connectivity index (χ0n) is 17.7. The predicted molar refractivity (Wildman–Crippen MR) is 112 cm³/mol. The predicted octanol–water partition coefficient (Wildman–Crippen LogP) is 2.35. The van der Waals surface area contributed by atoms with Gasteiger partial charge < -0.3 is 4.74 Å². The van der Waals surface area contributed by atoms with E-state index in [1.54, 1.807) is 45.0 Å². The van der Waals surface area contributed by atoms with Crippen LogP contribution in [0.5, 0.6) is 0 Å². The van der Waals surface area contributed by atoms with E-state index in [9.17, 15) is 18.0 Å². The first-order chi connectivity index (χ1) is 13.9. The smallest absolute Gasteiger partial charge is 0.363 e. The summed E-state index contributed by atoms with van der Waals surface area (Å²) in [6.07, 6.45) is 5.26. The Hall–Kier alpha value is -2.36. The number of hydrogen-bond acceptors (Lipinski definition) is 6. The summed E-state index contributed by atoms with van der Waals surface area (Å²) in [7, 11) is -3.85. The van der Waals surface area contributed by atoms with Gasteiger partial charge in [-0.05, 0) is 52.7 Å². The van der Waals surface area contributed by atoms with Crippen LogP contribution < -0.4 is 0 Å². The molecule has 30 heavy (non-hydrogen) atoms. The summed E-state index contributed by atoms with van der Waals surface area (Å²) in [6.45, 7) is 7.10. The summed E-state index contributed by atoms with van der Waals surface area (Å²) >= 11 is 0. The van der Waals surface area contributed by atoms with Gasteiger partial charge in [-0.3, -0.25) is 0 Å². The molecule has 0 spiro atoms. The molecule has 0 aromatic heterocycles. The van der Waals surface area contributed by atoms with E-state index >= 15 is 0 Å². The standard InChI is InChI=1S/C21H28N3O5S/c1-16-7-9-17(10-8-16)30(27,28)23-12-5-6-18(23)20(26)24(13-11-22-15-24)14-19(25)29-21(2,3)4/h7-11,13,15,18H,5-6,12,14H2,1-4H3/q+1/t18-,24?/m0/s1. The van der Waals surface area contributed by atoms with Gasteiger partial charge in [-0.1, -0.05) is 17.7 Å². The summed E-state index contributed by atoms with van der Waals surface area (Å²) in [5, 5.41) is 0. The average molecular weight is 435 g/mol. The molecule has 0 saturated carbocycles. The van der Waals surface area contributed by atoms with Gasteiger partial charge in [0.25, 0.3) is 0 Å². The fourth-order valence-corrected chi connectivity index (χ4v) is 5.29. The number of carbonyl (C=O) groups is 2. The van der Waals surface area contributed by atoms with Gasteiger partial charge in [-0.15, -0.1) is 0 Å². The van der Waals surface area contributed by atoms with Crippen molar-refractivity contribution in [1.29, 1.82) is 0 Å². The number of rotatable bonds is 5. The van der Waals surface area contributed by atoms with Crippen LogP contribution in [0.4, 0.5) is 0 Å². The van der Waals surface area contributed by atoms with Gasteiger partial charge in [0.05, 0.1) is 11.1 Å². The van der Waals surface area contributed by atoms with Crippen molar-refractivity contribution in [3.05, 3.63) is 42.2 Å². The number of carbonyl (C=O) groups excluding carboxylic acids is 2. The molecule has 162 valence electrons. The van der Waals surface area contributed by atoms with Gasteiger partial charge in [-0.25, -0.2) is 23.0 Å². The maximum absolute atomic E-state index is 13.5. The number of hydrogen-bond donors (Lipinski definition) is 0. The Morgan fingerprint density at radius 1 is 1.23 bits per heavy atom. The molecule has 1 aromatic carbocycles. The Bertz CT molecular complexity index is 978. The Labute approximate surface area is 177 Å². The molecule has 8 nitrogen and oxygen atoms in total. The van der Waals surface area contributed by atoms with Crippen molar-refractivity contribution >= 4 is 28.2 Å². The molecule has 0 N–H and O–H groups in total. The molecule has 2 aliphatic heterocycles. The van der Waals surface area contributed by atoms with E-state index in [-0.39, 0.29) is 18.0 Å². The third-order valence-electron chi connectivity index (χ3n) is 5.03. The highest BCUT2D eigenvalue weighted by Crippen LogP contribution is 2.30. The molecule has 2 aliphatic rings. The number of aryl methyl sites for hydroxylation is 1. The summed E-state index contributed by atoms with van der Waals surface area (Å²) in [5.41, 5.74) is 0.252. The van der Waals surface area contributed by atoms with E-state index < -0.39 is 38.0 Å². The molecule has 1 unspecified atom stereocenters. The molecule has 0 bridgehead atoms. The van der Waals surface area contributed by atoms with Crippen molar-refractivity contribution in [2.75, 3.05) is 13.1 Å². The van der Waals surface area contributed by atoms with Crippen LogP contribution in [0.3, 0.4) is 0 Å². The highest BCUT2D eigenvalue weighted by Gasteiger charge is 2.50. The van der Waals surface area contributed by atoms with Gasteiger partial charge in [0, 0.05) is 6.54 Å². The Morgan fingerprint density at radius 3 is 2.47 bits per heavy atom. The number of benzene rings is 1. The summed E-state index contributed by atoms with van der Waals surface area (Å²) in [4.78, 5) is 30.1. The Kier molecular flexibility index (Phi) is 5.99. The van der Waals surface area contributed by atoms with Gasteiger partial charge in [-0.2, -0.15) is 8.79 Å². The third kappa shape index (κ3) is 4.53. The first-order valence-electron chi connectivity index (χ1n) is 9.89. The zero-order chi connectivity index (χ0) is 22.2. The van der Waals surface area contributed by atoms with Crippen molar-refractivity contribution in [2.24, 2.45) is 4.99 Å². The van der Waals surface area contributed by atoms with E-state index in [4.69, 9.17) is 4.74 Å². The lowest BCUT2D eigenvalue weighted by Gasteiger charge is -2.31. The van der Waals surface area contributed by atoms with Gasteiger partial charge >= 0.3 is 11.9 Å². The molecular formula is C21H28N3O5S+. The maximum atomic E-state index is 13.5. The molecule has 0 radical (unpaired) electrons. The molecule has 0 aliphatic carbocycles. The molecule has 3 rings (SSSR count). The molecule has 9 heteroatoms. The lowest BCUT2D eigenvalue weighted by Crippen LogP contribution is -2.57. The van der Waals surface area contributed by atoms with Gasteiger partial charge in [0.2, 0.25) is 16.4 Å². The topological polar surface area (TPSA) is 93.1 Å². The number of amides is 1. The van der Waals surface area contributed by atoms with Crippen molar-refractivity contribution in [2.45, 2.75) is 57.1 Å². The summed E-state index contributed by atoms with van der Waals surface area (Å²) in [5.74, 6) is -0.966. The van der Waals surface area contributed by atoms with Crippen LogP contribution in [0.1, 0.15) is 39.2 Å². The average Bonchev–Trinajstić information content (AvgIpc) is 3.30. The third-order valence-corrected chi connectivity index (χ3v) is 6.95. The number of sulfonamides is 1. The van der Waals surface area contributed by atoms with Crippen LogP contribution in [0.25, 0.3) is 0 Å². The number of ether oxygens (including phenoxy) is 1. The fourth-order valence-electron chi connectivity index (χ4n) is 3.64. The lowest BCUT2D eigenvalue weighted by atomic mass is 10.1. The number of nitrogens with zero attached hydrogens (tertiary/aromatic N) is 3. The van der Waals surface area contributed by atoms with Crippen LogP contribution in [0, 0.1) is 6.92 Å². The fraction of sp³-hybridized carbons (Fsp3) is 0.476. The van der Waals surface area contributed by atoms with Crippen LogP contribution in [-0.4, -0.2) is 60.2 Å². The van der Waals surface area contributed by atoms with E-state index in [0.717, 1.165) is 5.56 Å². The van der Waals surface area contributed by atoms with Gasteiger partial charge in [0.1, 0.15) is 17.8 Å². The van der Waals surface area contributed by atoms with Crippen molar-refractivity contribution in [3.8, 4) is 0 Å². The van der Waals surface area contributed by atoms with Gasteiger partial charge in [0.15, 0.2) is 6.54 Å². The van der Waals surface area contributed by atoms with E-state index in [1.807, 2.05) is 6.92 Å². The zero-order valence-corrected chi connectivity index (χ0v) is 18.6. The first kappa shape index (κ1) is 22.3. The lowest BCUT2D eigenvalue weighted by molar-refractivity contribution is -0.691. The minimum absolute atomic E-state index is 0.150. The second-order valence-electron chi connectivity index (χ2n) is 8.66. The Morgan fingerprint density at radius 2 is 1.90 bits per heavy atom. The summed E-state index contributed by atoms with van der Waals surface area (Å²) < 4.78 is 32.6. The first-order valence-corrected chi connectivity index (χ1v) is 11.3. The second kappa shape index (κ2) is 8.05. The monoisotopic (exact) mass is 434 g/mol. The molecule has 2 heterocycles. The minimum Gasteiger partial charge on any atom is -0.456 e. The van der Waals surface area contributed by atoms with Crippen LogP contribution >= 0.6 is 0 Å². The van der Waals surface area contributed by atoms with E-state index in [0.29, 0.717) is 12.8 Å². The molecule has 2 atom stereocenters. The van der Waals surface area contributed by atoms with Crippen LogP contribution in [0.15, 0.2) is 46.6 Å². The summed E-state index contributed by atoms with van der Waals surface area (Å²) in [6, 6.07) is 5.67. The number of aliphatic imine (C=N–C) groups is 1. The van der Waals surface area contributed by atoms with Crippen LogP contribution in [-0.2, 0) is 24.3 Å². The normalized spacial score (nSPS) is 24.3. The molecule has 1 saturated heterocycles. The maximum Gasteiger partial charge on any atom is 0.363 e. The van der Waals surface area contributed by atoms with Crippen LogP contribution in [0.2, 0.25) is 0 Å². The SMILES string of the molecule is Cc1ccc(S(=O)(=O)N2CCC[C@H]2C(=O)[N+]2(CC(=O)OC(C)(C)C)C=CN=C2)cc1. The number of quaternary nitrogens is 1. The van der Waals surface area contributed by atoms with Crippen molar-refractivity contribution in [3.63, 3.8) is 0 Å². The van der Waals surface area contributed by atoms with Crippen molar-refractivity contribution in [1.82, 2.24) is 4.31 Å². The van der Waals surface area contributed by atoms with E-state index in [2.05, 4.69) is 4.99 Å².